The summed E-state index contributed by atoms with van der Waals surface area (Å²) in [7, 11) is 0. The third kappa shape index (κ3) is 4.82. The minimum atomic E-state index is -0.952. The smallest absolute Gasteiger partial charge is 0.242 e. The fourth-order valence-electron chi connectivity index (χ4n) is 6.32. The van der Waals surface area contributed by atoms with Gasteiger partial charge in [0.05, 0.1) is 0 Å². The van der Waals surface area contributed by atoms with Gasteiger partial charge in [-0.2, -0.15) is 4.57 Å². The molecule has 5 aromatic carbocycles. The minimum Gasteiger partial charge on any atom is -0.380 e. The molecule has 2 atom stereocenters. The van der Waals surface area contributed by atoms with Crippen molar-refractivity contribution in [3.63, 3.8) is 0 Å². The number of allylic oxidation sites excluding steroid dienone is 2. The SMILES string of the molecule is OC1C(c2ccccc2)=CC=CC1(c1ccccc1)[n+]1c(-c2ccccc2)cc(-c2ccccc2)cc1-c1ccccc1. The van der Waals surface area contributed by atoms with Crippen molar-refractivity contribution < 1.29 is 9.67 Å². The Bertz CT molecular complexity index is 1840. The van der Waals surface area contributed by atoms with Crippen molar-refractivity contribution in [2.24, 2.45) is 0 Å². The number of hydrogen-bond acceptors (Lipinski definition) is 1. The maximum atomic E-state index is 12.7. The molecule has 2 nitrogen and oxygen atoms in total. The van der Waals surface area contributed by atoms with Gasteiger partial charge in [-0.1, -0.05) is 140 Å². The van der Waals surface area contributed by atoms with Crippen LogP contribution in [0.3, 0.4) is 0 Å². The van der Waals surface area contributed by atoms with Crippen LogP contribution >= 0.6 is 0 Å². The molecule has 0 radical (unpaired) electrons. The summed E-state index contributed by atoms with van der Waals surface area (Å²) in [5.41, 5.74) is 8.37. The normalized spacial score (nSPS) is 17.8. The van der Waals surface area contributed by atoms with Gasteiger partial charge in [0.2, 0.25) is 16.9 Å². The number of aliphatic hydroxyl groups excluding tert-OH is 1. The van der Waals surface area contributed by atoms with E-state index in [0.717, 1.165) is 50.3 Å². The van der Waals surface area contributed by atoms with E-state index in [4.69, 9.17) is 0 Å². The summed E-state index contributed by atoms with van der Waals surface area (Å²) < 4.78 is 2.36. The van der Waals surface area contributed by atoms with Gasteiger partial charge in [0, 0.05) is 28.8 Å². The van der Waals surface area contributed by atoms with E-state index in [9.17, 15) is 5.11 Å². The number of aromatic nitrogens is 1. The van der Waals surface area contributed by atoms with Gasteiger partial charge in [0.1, 0.15) is 0 Å². The quantitative estimate of drug-likeness (QED) is 0.205. The van der Waals surface area contributed by atoms with Gasteiger partial charge in [-0.3, -0.25) is 0 Å². The first-order valence-electron chi connectivity index (χ1n) is 14.7. The van der Waals surface area contributed by atoms with Gasteiger partial charge in [-0.25, -0.2) is 0 Å². The largest absolute Gasteiger partial charge is 0.380 e. The maximum Gasteiger partial charge on any atom is 0.242 e. The number of rotatable bonds is 6. The Hall–Kier alpha value is -5.31. The van der Waals surface area contributed by atoms with E-state index in [1.165, 1.54) is 0 Å². The first-order chi connectivity index (χ1) is 21.3. The van der Waals surface area contributed by atoms with Crippen molar-refractivity contribution in [1.82, 2.24) is 0 Å². The molecule has 1 aliphatic carbocycles. The van der Waals surface area contributed by atoms with Crippen molar-refractivity contribution in [3.8, 4) is 33.6 Å². The fraction of sp³-hybridized carbons (Fsp3) is 0.0488. The highest BCUT2D eigenvalue weighted by Gasteiger charge is 2.53. The van der Waals surface area contributed by atoms with E-state index in [0.29, 0.717) is 0 Å². The second-order valence-electron chi connectivity index (χ2n) is 10.9. The van der Waals surface area contributed by atoms with Crippen LogP contribution in [-0.2, 0) is 5.54 Å². The van der Waals surface area contributed by atoms with Crippen LogP contribution in [0.25, 0.3) is 39.2 Å². The van der Waals surface area contributed by atoms with Crippen LogP contribution in [0.1, 0.15) is 11.1 Å². The lowest BCUT2D eigenvalue weighted by Gasteiger charge is -2.36. The Labute approximate surface area is 253 Å². The number of aliphatic hydroxyl groups is 1. The molecule has 2 unspecified atom stereocenters. The average Bonchev–Trinajstić information content (AvgIpc) is 3.10. The second-order valence-corrected chi connectivity index (χ2v) is 10.9. The molecule has 1 aliphatic rings. The van der Waals surface area contributed by atoms with Crippen molar-refractivity contribution in [1.29, 1.82) is 0 Å². The first-order valence-corrected chi connectivity index (χ1v) is 14.7. The van der Waals surface area contributed by atoms with Gasteiger partial charge in [0.15, 0.2) is 6.10 Å². The zero-order valence-corrected chi connectivity index (χ0v) is 23.8. The molecular formula is C41H32NO+. The lowest BCUT2D eigenvalue weighted by atomic mass is 9.74. The lowest BCUT2D eigenvalue weighted by molar-refractivity contribution is -0.728. The summed E-state index contributed by atoms with van der Waals surface area (Å²) in [5.74, 6) is 0. The summed E-state index contributed by atoms with van der Waals surface area (Å²) in [6.45, 7) is 0. The maximum absolute atomic E-state index is 12.7. The van der Waals surface area contributed by atoms with Gasteiger partial charge in [-0.15, -0.1) is 0 Å². The summed E-state index contributed by atoms with van der Waals surface area (Å²) in [4.78, 5) is 0. The second kappa shape index (κ2) is 11.5. The predicted molar refractivity (Wildman–Crippen MR) is 176 cm³/mol. The van der Waals surface area contributed by atoms with E-state index in [1.54, 1.807) is 0 Å². The van der Waals surface area contributed by atoms with Gasteiger partial charge in [-0.05, 0) is 52.6 Å². The van der Waals surface area contributed by atoms with Crippen LogP contribution in [0.15, 0.2) is 182 Å². The van der Waals surface area contributed by atoms with Gasteiger partial charge < -0.3 is 5.11 Å². The van der Waals surface area contributed by atoms with Crippen molar-refractivity contribution in [3.05, 3.63) is 193 Å². The molecule has 43 heavy (non-hydrogen) atoms. The molecule has 0 saturated heterocycles. The molecule has 0 spiro atoms. The predicted octanol–water partition coefficient (Wildman–Crippen LogP) is 8.73. The number of benzene rings is 5. The highest BCUT2D eigenvalue weighted by atomic mass is 16.3. The minimum absolute atomic E-state index is 0.875. The molecule has 0 aliphatic heterocycles. The average molecular weight is 555 g/mol. The summed E-state index contributed by atoms with van der Waals surface area (Å²) in [5, 5.41) is 12.7. The molecular weight excluding hydrogens is 522 g/mol. The summed E-state index contributed by atoms with van der Waals surface area (Å²) in [6.07, 6.45) is 5.44. The Balaban J connectivity index is 1.62. The van der Waals surface area contributed by atoms with E-state index in [-0.39, 0.29) is 0 Å². The van der Waals surface area contributed by atoms with Crippen LogP contribution in [0.2, 0.25) is 0 Å². The molecule has 1 N–H and O–H groups in total. The molecule has 0 bridgehead atoms. The van der Waals surface area contributed by atoms with Crippen molar-refractivity contribution in [2.75, 3.05) is 0 Å². The zero-order valence-electron chi connectivity index (χ0n) is 23.8. The molecule has 1 aromatic heterocycles. The van der Waals surface area contributed by atoms with Gasteiger partial charge >= 0.3 is 0 Å². The third-order valence-electron chi connectivity index (χ3n) is 8.36. The molecule has 0 saturated carbocycles. The Morgan fingerprint density at radius 2 is 0.884 bits per heavy atom. The fourth-order valence-corrected chi connectivity index (χ4v) is 6.32. The van der Waals surface area contributed by atoms with Crippen LogP contribution in [0.4, 0.5) is 0 Å². The van der Waals surface area contributed by atoms with E-state index in [2.05, 4.69) is 138 Å². The van der Waals surface area contributed by atoms with Crippen LogP contribution in [0.5, 0.6) is 0 Å². The Morgan fingerprint density at radius 3 is 1.37 bits per heavy atom. The van der Waals surface area contributed by atoms with Crippen LogP contribution in [-0.4, -0.2) is 11.2 Å². The Morgan fingerprint density at radius 1 is 0.465 bits per heavy atom. The first kappa shape index (κ1) is 26.6. The molecule has 1 heterocycles. The van der Waals surface area contributed by atoms with Crippen LogP contribution in [0, 0.1) is 0 Å². The summed E-state index contributed by atoms with van der Waals surface area (Å²) in [6, 6.07) is 56.7. The molecule has 6 aromatic rings. The molecule has 7 rings (SSSR count). The van der Waals surface area contributed by atoms with Gasteiger partial charge in [0.25, 0.3) is 0 Å². The zero-order chi connectivity index (χ0) is 29.1. The summed E-state index contributed by atoms with van der Waals surface area (Å²) >= 11 is 0. The number of hydrogen-bond donors (Lipinski definition) is 1. The van der Waals surface area contributed by atoms with E-state index < -0.39 is 11.6 Å². The molecule has 206 valence electrons. The number of pyridine rings is 1. The highest BCUT2D eigenvalue weighted by molar-refractivity contribution is 5.76. The number of nitrogens with zero attached hydrogens (tertiary/aromatic N) is 1. The topological polar surface area (TPSA) is 24.1 Å². The molecule has 0 fully saturated rings. The lowest BCUT2D eigenvalue weighted by Crippen LogP contribution is -2.65. The Kier molecular flexibility index (Phi) is 7.12. The van der Waals surface area contributed by atoms with E-state index in [1.807, 2.05) is 48.5 Å². The van der Waals surface area contributed by atoms with Crippen molar-refractivity contribution >= 4 is 5.57 Å². The van der Waals surface area contributed by atoms with Crippen LogP contribution < -0.4 is 4.57 Å². The third-order valence-corrected chi connectivity index (χ3v) is 8.36. The molecule has 2 heteroatoms. The monoisotopic (exact) mass is 554 g/mol. The standard InChI is InChI=1S/C41H32NO/c43-40-37(32-19-8-2-9-20-32)27-16-28-41(40,36-25-14-5-15-26-36)42-38(33-21-10-3-11-22-33)29-35(31-17-6-1-7-18-31)30-39(42)34-23-12-4-13-24-34/h1-30,40,43H/q+1. The van der Waals surface area contributed by atoms with Crippen molar-refractivity contribution in [2.45, 2.75) is 11.6 Å². The van der Waals surface area contributed by atoms with E-state index >= 15 is 0 Å². The highest BCUT2D eigenvalue weighted by Crippen LogP contribution is 2.41. The molecule has 0 amide bonds.